The predicted molar refractivity (Wildman–Crippen MR) is 67.9 cm³/mol. The molecule has 0 aromatic carbocycles. The van der Waals surface area contributed by atoms with Gasteiger partial charge in [-0.15, -0.1) is 0 Å². The van der Waals surface area contributed by atoms with E-state index in [2.05, 4.69) is 22.2 Å². The fourth-order valence-corrected chi connectivity index (χ4v) is 2.12. The number of nitrogens with two attached hydrogens (primary N) is 1. The molecule has 0 atom stereocenters. The molecule has 0 amide bonds. The van der Waals surface area contributed by atoms with Crippen LogP contribution in [0.4, 0.5) is 11.6 Å². The van der Waals surface area contributed by atoms with Crippen LogP contribution in [0.2, 0.25) is 0 Å². The third kappa shape index (κ3) is 2.66. The van der Waals surface area contributed by atoms with Crippen molar-refractivity contribution in [3.63, 3.8) is 0 Å². The van der Waals surface area contributed by atoms with Crippen LogP contribution in [-0.2, 0) is 11.2 Å². The van der Waals surface area contributed by atoms with Crippen molar-refractivity contribution in [1.29, 1.82) is 0 Å². The van der Waals surface area contributed by atoms with Gasteiger partial charge in [0.2, 0.25) is 0 Å². The maximum absolute atomic E-state index is 5.88. The number of methoxy groups -OCH3 is 1. The average molecular weight is 236 g/mol. The van der Waals surface area contributed by atoms with Crippen molar-refractivity contribution in [2.45, 2.75) is 44.8 Å². The number of aromatic nitrogens is 2. The lowest BCUT2D eigenvalue weighted by molar-refractivity contribution is 0.0327. The van der Waals surface area contributed by atoms with Gasteiger partial charge in [-0.05, 0) is 19.3 Å². The fourth-order valence-electron chi connectivity index (χ4n) is 2.12. The first-order valence-corrected chi connectivity index (χ1v) is 6.13. The summed E-state index contributed by atoms with van der Waals surface area (Å²) in [4.78, 5) is 8.33. The number of hydrogen-bond acceptors (Lipinski definition) is 5. The maximum Gasteiger partial charge on any atom is 0.134 e. The van der Waals surface area contributed by atoms with E-state index >= 15 is 0 Å². The molecule has 1 aromatic rings. The van der Waals surface area contributed by atoms with Gasteiger partial charge in [0.05, 0.1) is 6.10 Å². The Morgan fingerprint density at radius 1 is 1.47 bits per heavy atom. The van der Waals surface area contributed by atoms with E-state index in [-0.39, 0.29) is 0 Å². The molecular formula is C12H20N4O. The lowest BCUT2D eigenvalue weighted by atomic mass is 9.89. The Morgan fingerprint density at radius 3 is 2.88 bits per heavy atom. The predicted octanol–water partition coefficient (Wildman–Crippen LogP) is 1.60. The van der Waals surface area contributed by atoms with Crippen LogP contribution in [0.3, 0.4) is 0 Å². The smallest absolute Gasteiger partial charge is 0.134 e. The molecule has 1 heterocycles. The molecule has 1 aliphatic carbocycles. The molecule has 5 nitrogen and oxygen atoms in total. The van der Waals surface area contributed by atoms with Crippen LogP contribution in [0.1, 0.15) is 31.7 Å². The summed E-state index contributed by atoms with van der Waals surface area (Å²) >= 11 is 0. The van der Waals surface area contributed by atoms with Crippen LogP contribution in [0.5, 0.6) is 0 Å². The quantitative estimate of drug-likeness (QED) is 0.812. The first kappa shape index (κ1) is 12.1. The van der Waals surface area contributed by atoms with Crippen LogP contribution in [0.15, 0.2) is 6.33 Å². The van der Waals surface area contributed by atoms with Crippen molar-refractivity contribution in [3.05, 3.63) is 11.9 Å². The number of nitrogen functional groups attached to an aromatic ring is 1. The molecule has 2 rings (SSSR count). The molecule has 0 aliphatic heterocycles. The van der Waals surface area contributed by atoms with Gasteiger partial charge in [-0.25, -0.2) is 9.97 Å². The van der Waals surface area contributed by atoms with Crippen molar-refractivity contribution >= 4 is 11.6 Å². The minimum atomic E-state index is 0.390. The van der Waals surface area contributed by atoms with E-state index in [0.717, 1.165) is 37.1 Å². The van der Waals surface area contributed by atoms with Crippen LogP contribution < -0.4 is 11.1 Å². The monoisotopic (exact) mass is 236 g/mol. The third-order valence-electron chi connectivity index (χ3n) is 3.25. The zero-order valence-corrected chi connectivity index (χ0v) is 10.4. The topological polar surface area (TPSA) is 73.1 Å². The summed E-state index contributed by atoms with van der Waals surface area (Å²) in [5, 5.41) is 3.43. The average Bonchev–Trinajstić information content (AvgIpc) is 2.27. The number of rotatable bonds is 5. The Kier molecular flexibility index (Phi) is 3.78. The van der Waals surface area contributed by atoms with E-state index in [1.807, 2.05) is 0 Å². The van der Waals surface area contributed by atoms with Gasteiger partial charge in [0.25, 0.3) is 0 Å². The zero-order chi connectivity index (χ0) is 12.3. The molecule has 1 saturated carbocycles. The molecule has 0 saturated heterocycles. The van der Waals surface area contributed by atoms with E-state index in [4.69, 9.17) is 10.5 Å². The molecule has 1 fully saturated rings. The molecule has 1 aliphatic rings. The Morgan fingerprint density at radius 2 is 2.24 bits per heavy atom. The van der Waals surface area contributed by atoms with Crippen molar-refractivity contribution in [2.24, 2.45) is 0 Å². The number of hydrogen-bond donors (Lipinski definition) is 2. The van der Waals surface area contributed by atoms with Gasteiger partial charge < -0.3 is 15.8 Å². The molecule has 0 bridgehead atoms. The van der Waals surface area contributed by atoms with E-state index in [9.17, 15) is 0 Å². The molecule has 3 N–H and O–H groups in total. The molecule has 0 radical (unpaired) electrons. The normalized spacial score (nSPS) is 23.2. The summed E-state index contributed by atoms with van der Waals surface area (Å²) in [6, 6.07) is 0.449. The number of nitrogens with one attached hydrogen (secondary N) is 1. The minimum absolute atomic E-state index is 0.390. The van der Waals surface area contributed by atoms with E-state index in [0.29, 0.717) is 18.0 Å². The highest BCUT2D eigenvalue weighted by Gasteiger charge is 2.29. The second-order valence-electron chi connectivity index (χ2n) is 4.51. The maximum atomic E-state index is 5.88. The lowest BCUT2D eigenvalue weighted by Crippen LogP contribution is -2.40. The third-order valence-corrected chi connectivity index (χ3v) is 3.25. The highest BCUT2D eigenvalue weighted by molar-refractivity contribution is 5.55. The Balaban J connectivity index is 2.03. The van der Waals surface area contributed by atoms with Crippen molar-refractivity contribution in [3.8, 4) is 0 Å². The van der Waals surface area contributed by atoms with Gasteiger partial charge in [-0.1, -0.05) is 13.3 Å². The van der Waals surface area contributed by atoms with E-state index in [1.165, 1.54) is 6.33 Å². The van der Waals surface area contributed by atoms with Gasteiger partial charge in [-0.2, -0.15) is 0 Å². The largest absolute Gasteiger partial charge is 0.383 e. The molecule has 0 spiro atoms. The van der Waals surface area contributed by atoms with Gasteiger partial charge in [-0.3, -0.25) is 0 Å². The molecule has 5 heteroatoms. The first-order valence-electron chi connectivity index (χ1n) is 6.13. The van der Waals surface area contributed by atoms with Crippen molar-refractivity contribution in [2.75, 3.05) is 18.2 Å². The second-order valence-corrected chi connectivity index (χ2v) is 4.51. The molecule has 1 aromatic heterocycles. The molecule has 0 unspecified atom stereocenters. The van der Waals surface area contributed by atoms with Crippen molar-refractivity contribution in [1.82, 2.24) is 9.97 Å². The minimum Gasteiger partial charge on any atom is -0.383 e. The van der Waals surface area contributed by atoms with Crippen LogP contribution >= 0.6 is 0 Å². The number of anilines is 2. The summed E-state index contributed by atoms with van der Waals surface area (Å²) in [7, 11) is 1.76. The van der Waals surface area contributed by atoms with Gasteiger partial charge >= 0.3 is 0 Å². The van der Waals surface area contributed by atoms with Gasteiger partial charge in [0.15, 0.2) is 0 Å². The SMILES string of the molecule is CCCc1c(N)ncnc1NC1CC(OC)C1. The van der Waals surface area contributed by atoms with E-state index < -0.39 is 0 Å². The fraction of sp³-hybridized carbons (Fsp3) is 0.667. The van der Waals surface area contributed by atoms with Crippen LogP contribution in [0, 0.1) is 0 Å². The summed E-state index contributed by atoms with van der Waals surface area (Å²) in [5.41, 5.74) is 6.92. The van der Waals surface area contributed by atoms with Crippen LogP contribution in [-0.4, -0.2) is 29.2 Å². The Hall–Kier alpha value is -1.36. The van der Waals surface area contributed by atoms with Crippen molar-refractivity contribution < 1.29 is 4.74 Å². The molecular weight excluding hydrogens is 216 g/mol. The van der Waals surface area contributed by atoms with Gasteiger partial charge in [0.1, 0.15) is 18.0 Å². The second kappa shape index (κ2) is 5.31. The summed E-state index contributed by atoms with van der Waals surface area (Å²) < 4.78 is 5.26. The summed E-state index contributed by atoms with van der Waals surface area (Å²) in [5.74, 6) is 1.48. The molecule has 94 valence electrons. The van der Waals surface area contributed by atoms with E-state index in [1.54, 1.807) is 7.11 Å². The molecule has 17 heavy (non-hydrogen) atoms. The summed E-state index contributed by atoms with van der Waals surface area (Å²) in [6.45, 7) is 2.13. The first-order chi connectivity index (χ1) is 8.24. The standard InChI is InChI=1S/C12H20N4O/c1-3-4-10-11(13)14-7-15-12(10)16-8-5-9(6-8)17-2/h7-9H,3-6H2,1-2H3,(H3,13,14,15,16). The highest BCUT2D eigenvalue weighted by Crippen LogP contribution is 2.28. The lowest BCUT2D eigenvalue weighted by Gasteiger charge is -2.35. The summed E-state index contributed by atoms with van der Waals surface area (Å²) in [6.07, 6.45) is 5.93. The van der Waals surface area contributed by atoms with Gasteiger partial charge in [0, 0.05) is 18.7 Å². The number of nitrogens with zero attached hydrogens (tertiary/aromatic N) is 2. The Bertz CT molecular complexity index is 377. The Labute approximate surface area is 102 Å². The van der Waals surface area contributed by atoms with Crippen LogP contribution in [0.25, 0.3) is 0 Å². The highest BCUT2D eigenvalue weighted by atomic mass is 16.5. The number of ether oxygens (including phenoxy) is 1. The zero-order valence-electron chi connectivity index (χ0n) is 10.4.